The van der Waals surface area contributed by atoms with E-state index in [2.05, 4.69) is 10.3 Å². The van der Waals surface area contributed by atoms with Gasteiger partial charge in [0.2, 0.25) is 0 Å². The number of amides is 1. The van der Waals surface area contributed by atoms with Gasteiger partial charge in [-0.05, 0) is 29.8 Å². The summed E-state index contributed by atoms with van der Waals surface area (Å²) in [6.45, 7) is 0. The van der Waals surface area contributed by atoms with Crippen LogP contribution in [0, 0.1) is 11.6 Å². The van der Waals surface area contributed by atoms with Gasteiger partial charge >= 0.3 is 0 Å². The highest BCUT2D eigenvalue weighted by molar-refractivity contribution is 6.19. The highest BCUT2D eigenvalue weighted by atomic mass is 19.1. The summed E-state index contributed by atoms with van der Waals surface area (Å²) >= 11 is 0. The molecule has 1 N–H and O–H groups in total. The fourth-order valence-electron chi connectivity index (χ4n) is 1.98. The number of rotatable bonds is 2. The van der Waals surface area contributed by atoms with Crippen molar-refractivity contribution in [1.82, 2.24) is 5.32 Å². The zero-order valence-electron chi connectivity index (χ0n) is 10.8. The quantitative estimate of drug-likeness (QED) is 0.846. The average molecular weight is 284 g/mol. The summed E-state index contributed by atoms with van der Waals surface area (Å²) in [5, 5.41) is 2.44. The van der Waals surface area contributed by atoms with Gasteiger partial charge in [0.15, 0.2) is 0 Å². The first kappa shape index (κ1) is 13.2. The van der Waals surface area contributed by atoms with Crippen LogP contribution in [0.25, 0.3) is 6.08 Å². The number of carbonyl (C=O) groups is 1. The van der Waals surface area contributed by atoms with Gasteiger partial charge in [-0.2, -0.15) is 0 Å². The van der Waals surface area contributed by atoms with Gasteiger partial charge < -0.3 is 5.32 Å². The molecule has 5 heteroatoms. The van der Waals surface area contributed by atoms with Crippen molar-refractivity contribution in [2.45, 2.75) is 0 Å². The molecule has 2 aromatic carbocycles. The maximum Gasteiger partial charge on any atom is 0.275 e. The van der Waals surface area contributed by atoms with Gasteiger partial charge in [0, 0.05) is 0 Å². The van der Waals surface area contributed by atoms with Crippen LogP contribution in [-0.2, 0) is 4.79 Å². The molecule has 0 saturated carbocycles. The Hall–Kier alpha value is -2.82. The largest absolute Gasteiger partial charge is 0.305 e. The second-order valence-electron chi connectivity index (χ2n) is 4.48. The number of hydrogen-bond acceptors (Lipinski definition) is 2. The molecular weight excluding hydrogens is 274 g/mol. The van der Waals surface area contributed by atoms with Gasteiger partial charge in [-0.25, -0.2) is 13.8 Å². The van der Waals surface area contributed by atoms with Crippen molar-refractivity contribution in [1.29, 1.82) is 0 Å². The van der Waals surface area contributed by atoms with Crippen molar-refractivity contribution in [2.75, 3.05) is 0 Å². The standard InChI is InChI=1S/C16H10F2N2O/c17-11-6-7-13(18)12(9-11)15-19-14(16(21)20-15)8-10-4-2-1-3-5-10/h1-9H,(H,19,20,21)/b14-8-. The van der Waals surface area contributed by atoms with Crippen molar-refractivity contribution < 1.29 is 13.6 Å². The molecule has 1 amide bonds. The maximum atomic E-state index is 13.7. The number of nitrogens with zero attached hydrogens (tertiary/aromatic N) is 1. The van der Waals surface area contributed by atoms with E-state index in [4.69, 9.17) is 0 Å². The minimum Gasteiger partial charge on any atom is -0.305 e. The molecule has 0 spiro atoms. The molecule has 0 fully saturated rings. The third-order valence-electron chi connectivity index (χ3n) is 2.98. The minimum absolute atomic E-state index is 0.0131. The number of hydrogen-bond donors (Lipinski definition) is 1. The second-order valence-corrected chi connectivity index (χ2v) is 4.48. The van der Waals surface area contributed by atoms with Crippen molar-refractivity contribution in [3.8, 4) is 0 Å². The molecule has 21 heavy (non-hydrogen) atoms. The van der Waals surface area contributed by atoms with Crippen LogP contribution in [-0.4, -0.2) is 11.7 Å². The van der Waals surface area contributed by atoms with Gasteiger partial charge in [-0.15, -0.1) is 0 Å². The Morgan fingerprint density at radius 2 is 1.81 bits per heavy atom. The van der Waals surface area contributed by atoms with Crippen molar-refractivity contribution in [3.05, 3.63) is 77.0 Å². The summed E-state index contributed by atoms with van der Waals surface area (Å²) in [6.07, 6.45) is 1.58. The first-order chi connectivity index (χ1) is 10.1. The maximum absolute atomic E-state index is 13.7. The Morgan fingerprint density at radius 3 is 2.57 bits per heavy atom. The molecule has 0 aliphatic carbocycles. The van der Waals surface area contributed by atoms with E-state index in [-0.39, 0.29) is 17.1 Å². The van der Waals surface area contributed by atoms with E-state index in [0.29, 0.717) is 0 Å². The summed E-state index contributed by atoms with van der Waals surface area (Å²) in [6, 6.07) is 12.2. The second kappa shape index (κ2) is 5.28. The average Bonchev–Trinajstić information content (AvgIpc) is 2.84. The number of benzene rings is 2. The number of halogens is 2. The highest BCUT2D eigenvalue weighted by Gasteiger charge is 2.23. The molecule has 0 unspecified atom stereocenters. The van der Waals surface area contributed by atoms with Crippen LogP contribution in [0.2, 0.25) is 0 Å². The van der Waals surface area contributed by atoms with Crippen LogP contribution >= 0.6 is 0 Å². The molecule has 2 aromatic rings. The minimum atomic E-state index is -0.642. The molecule has 1 aliphatic rings. The van der Waals surface area contributed by atoms with E-state index in [1.54, 1.807) is 6.08 Å². The molecule has 0 saturated heterocycles. The van der Waals surface area contributed by atoms with Gasteiger partial charge in [0.25, 0.3) is 5.91 Å². The molecule has 1 heterocycles. The topological polar surface area (TPSA) is 41.5 Å². The third-order valence-corrected chi connectivity index (χ3v) is 2.98. The lowest BCUT2D eigenvalue weighted by molar-refractivity contribution is -0.115. The normalized spacial score (nSPS) is 16.0. The van der Waals surface area contributed by atoms with E-state index in [1.165, 1.54) is 0 Å². The third kappa shape index (κ3) is 2.72. The number of carbonyl (C=O) groups excluding carboxylic acids is 1. The molecule has 3 rings (SSSR count). The van der Waals surface area contributed by atoms with Gasteiger partial charge in [-0.1, -0.05) is 30.3 Å². The zero-order valence-corrected chi connectivity index (χ0v) is 10.8. The van der Waals surface area contributed by atoms with Gasteiger partial charge in [-0.3, -0.25) is 4.79 Å². The fraction of sp³-hybridized carbons (Fsp3) is 0. The highest BCUT2D eigenvalue weighted by Crippen LogP contribution is 2.17. The summed E-state index contributed by atoms with van der Waals surface area (Å²) < 4.78 is 26.9. The molecule has 0 atom stereocenters. The SMILES string of the molecule is O=C1NC(c2cc(F)ccc2F)=N/C1=C\c1ccccc1. The zero-order chi connectivity index (χ0) is 14.8. The first-order valence-electron chi connectivity index (χ1n) is 6.26. The molecule has 1 aliphatic heterocycles. The monoisotopic (exact) mass is 284 g/mol. The smallest absolute Gasteiger partial charge is 0.275 e. The number of aliphatic imine (C=N–C) groups is 1. The van der Waals surface area contributed by atoms with Crippen molar-refractivity contribution in [2.24, 2.45) is 4.99 Å². The number of amidine groups is 1. The van der Waals surface area contributed by atoms with Crippen LogP contribution in [0.5, 0.6) is 0 Å². The predicted molar refractivity (Wildman–Crippen MR) is 75.5 cm³/mol. The number of nitrogens with one attached hydrogen (secondary N) is 1. The summed E-state index contributed by atoms with van der Waals surface area (Å²) in [5.41, 5.74) is 0.882. The van der Waals surface area contributed by atoms with Crippen LogP contribution in [0.1, 0.15) is 11.1 Å². The van der Waals surface area contributed by atoms with E-state index >= 15 is 0 Å². The Bertz CT molecular complexity index is 767. The Labute approximate surface area is 119 Å². The molecular formula is C16H10F2N2O. The lowest BCUT2D eigenvalue weighted by Crippen LogP contribution is -2.25. The molecule has 104 valence electrons. The van der Waals surface area contributed by atoms with E-state index in [1.807, 2.05) is 30.3 Å². The summed E-state index contributed by atoms with van der Waals surface area (Å²) in [5.74, 6) is -1.67. The van der Waals surface area contributed by atoms with Crippen LogP contribution in [0.3, 0.4) is 0 Å². The molecule has 0 radical (unpaired) electrons. The Morgan fingerprint density at radius 1 is 1.05 bits per heavy atom. The molecule has 0 aromatic heterocycles. The fourth-order valence-corrected chi connectivity index (χ4v) is 1.98. The van der Waals surface area contributed by atoms with Gasteiger partial charge in [0.05, 0.1) is 5.56 Å². The van der Waals surface area contributed by atoms with Crippen molar-refractivity contribution in [3.63, 3.8) is 0 Å². The van der Waals surface area contributed by atoms with E-state index in [0.717, 1.165) is 23.8 Å². The van der Waals surface area contributed by atoms with Crippen molar-refractivity contribution >= 4 is 17.8 Å². The van der Waals surface area contributed by atoms with Crippen LogP contribution in [0.4, 0.5) is 8.78 Å². The summed E-state index contributed by atoms with van der Waals surface area (Å²) in [7, 11) is 0. The lowest BCUT2D eigenvalue weighted by Gasteiger charge is -2.02. The van der Waals surface area contributed by atoms with E-state index < -0.39 is 17.5 Å². The molecule has 0 bridgehead atoms. The molecule has 3 nitrogen and oxygen atoms in total. The van der Waals surface area contributed by atoms with Crippen LogP contribution in [0.15, 0.2) is 59.2 Å². The lowest BCUT2D eigenvalue weighted by atomic mass is 10.2. The predicted octanol–water partition coefficient (Wildman–Crippen LogP) is 2.88. The van der Waals surface area contributed by atoms with E-state index in [9.17, 15) is 13.6 Å². The summed E-state index contributed by atoms with van der Waals surface area (Å²) in [4.78, 5) is 15.9. The van der Waals surface area contributed by atoms with Crippen LogP contribution < -0.4 is 5.32 Å². The Balaban J connectivity index is 1.99. The Kier molecular flexibility index (Phi) is 3.31. The first-order valence-corrected chi connectivity index (χ1v) is 6.26. The van der Waals surface area contributed by atoms with Gasteiger partial charge in [0.1, 0.15) is 23.2 Å².